The van der Waals surface area contributed by atoms with Crippen molar-refractivity contribution >= 4 is 0 Å². The molecule has 0 aromatic rings. The normalized spacial score (nSPS) is 11.8. The number of aliphatic hydroxyl groups is 4. The lowest BCUT2D eigenvalue weighted by Crippen LogP contribution is -2.01. The van der Waals surface area contributed by atoms with Crippen molar-refractivity contribution in [2.24, 2.45) is 5.92 Å². The number of aliphatic hydroxyl groups excluding tert-OH is 4. The fraction of sp³-hybridized carbons (Fsp3) is 1.00. The Balaban J connectivity index is 0. The number of rotatable bonds is 6. The maximum atomic E-state index is 8.35. The second-order valence-corrected chi connectivity index (χ2v) is 2.95. The standard InChI is InChI=1S/C5H12O2.C4H10O2/c1-5(4-7)2-3-6;5-3-1-2-4-6/h5-7H,2-4H2,1H3;5-6H,1-4H2. The average molecular weight is 194 g/mol. The summed E-state index contributed by atoms with van der Waals surface area (Å²) in [5.41, 5.74) is 0. The maximum Gasteiger partial charge on any atom is 0.0457 e. The van der Waals surface area contributed by atoms with Crippen molar-refractivity contribution in [2.75, 3.05) is 26.4 Å². The van der Waals surface area contributed by atoms with E-state index in [1.807, 2.05) is 6.92 Å². The van der Waals surface area contributed by atoms with Crippen LogP contribution in [-0.2, 0) is 0 Å². The molecule has 0 aliphatic carbocycles. The molecule has 0 radical (unpaired) electrons. The van der Waals surface area contributed by atoms with Crippen molar-refractivity contribution in [1.82, 2.24) is 0 Å². The van der Waals surface area contributed by atoms with Crippen molar-refractivity contribution < 1.29 is 20.4 Å². The first-order valence-electron chi connectivity index (χ1n) is 4.66. The van der Waals surface area contributed by atoms with E-state index in [2.05, 4.69) is 0 Å². The molecule has 0 aromatic heterocycles. The van der Waals surface area contributed by atoms with E-state index in [-0.39, 0.29) is 32.3 Å². The molecule has 0 bridgehead atoms. The predicted octanol–water partition coefficient (Wildman–Crippen LogP) is -0.252. The minimum absolute atomic E-state index is 0.181. The van der Waals surface area contributed by atoms with Crippen LogP contribution in [0, 0.1) is 5.92 Å². The molecule has 0 heterocycles. The van der Waals surface area contributed by atoms with E-state index >= 15 is 0 Å². The summed E-state index contributed by atoms with van der Waals surface area (Å²) in [5, 5.41) is 32.8. The Morgan fingerprint density at radius 1 is 0.846 bits per heavy atom. The van der Waals surface area contributed by atoms with Gasteiger partial charge < -0.3 is 20.4 Å². The van der Waals surface area contributed by atoms with Crippen LogP contribution >= 0.6 is 0 Å². The monoisotopic (exact) mass is 194 g/mol. The summed E-state index contributed by atoms with van der Waals surface area (Å²) in [6.45, 7) is 2.65. The van der Waals surface area contributed by atoms with Crippen molar-refractivity contribution in [3.8, 4) is 0 Å². The fourth-order valence-corrected chi connectivity index (χ4v) is 0.535. The molecule has 0 fully saturated rings. The fourth-order valence-electron chi connectivity index (χ4n) is 0.535. The largest absolute Gasteiger partial charge is 0.396 e. The smallest absolute Gasteiger partial charge is 0.0457 e. The first-order valence-corrected chi connectivity index (χ1v) is 4.66. The molecule has 1 unspecified atom stereocenters. The molecule has 0 aromatic carbocycles. The summed E-state index contributed by atoms with van der Waals surface area (Å²) in [6.07, 6.45) is 2.14. The molecule has 0 aliphatic rings. The molecule has 0 amide bonds. The van der Waals surface area contributed by atoms with Crippen LogP contribution in [0.5, 0.6) is 0 Å². The Kier molecular flexibility index (Phi) is 16.9. The maximum absolute atomic E-state index is 8.35. The predicted molar refractivity (Wildman–Crippen MR) is 51.4 cm³/mol. The van der Waals surface area contributed by atoms with Crippen LogP contribution in [0.4, 0.5) is 0 Å². The van der Waals surface area contributed by atoms with Gasteiger partial charge in [-0.05, 0) is 25.2 Å². The highest BCUT2D eigenvalue weighted by Crippen LogP contribution is 1.96. The van der Waals surface area contributed by atoms with E-state index in [0.717, 1.165) is 12.8 Å². The highest BCUT2D eigenvalue weighted by Gasteiger charge is 1.94. The van der Waals surface area contributed by atoms with E-state index in [0.29, 0.717) is 6.42 Å². The Morgan fingerprint density at radius 2 is 1.31 bits per heavy atom. The third-order valence-corrected chi connectivity index (χ3v) is 1.50. The topological polar surface area (TPSA) is 80.9 Å². The third kappa shape index (κ3) is 18.7. The Bertz CT molecular complexity index is 74.0. The zero-order valence-corrected chi connectivity index (χ0v) is 8.32. The van der Waals surface area contributed by atoms with Gasteiger partial charge in [-0.25, -0.2) is 0 Å². The Morgan fingerprint density at radius 3 is 1.46 bits per heavy atom. The van der Waals surface area contributed by atoms with Gasteiger partial charge >= 0.3 is 0 Å². The van der Waals surface area contributed by atoms with Crippen molar-refractivity contribution in [3.63, 3.8) is 0 Å². The molecule has 1 atom stereocenters. The molecule has 0 spiro atoms. The lowest BCUT2D eigenvalue weighted by atomic mass is 10.1. The number of unbranched alkanes of at least 4 members (excludes halogenated alkanes) is 1. The molecule has 0 saturated heterocycles. The van der Waals surface area contributed by atoms with Gasteiger partial charge in [-0.3, -0.25) is 0 Å². The lowest BCUT2D eigenvalue weighted by Gasteiger charge is -2.01. The number of hydrogen-bond acceptors (Lipinski definition) is 4. The quantitative estimate of drug-likeness (QED) is 0.439. The molecule has 4 heteroatoms. The van der Waals surface area contributed by atoms with Gasteiger partial charge in [0.15, 0.2) is 0 Å². The highest BCUT2D eigenvalue weighted by molar-refractivity contribution is 4.45. The summed E-state index contributed by atoms with van der Waals surface area (Å²) >= 11 is 0. The van der Waals surface area contributed by atoms with Crippen LogP contribution in [0.25, 0.3) is 0 Å². The van der Waals surface area contributed by atoms with Crippen molar-refractivity contribution in [3.05, 3.63) is 0 Å². The van der Waals surface area contributed by atoms with Crippen molar-refractivity contribution in [2.45, 2.75) is 26.2 Å². The van der Waals surface area contributed by atoms with E-state index in [1.54, 1.807) is 0 Å². The Hall–Kier alpha value is -0.160. The molecule has 13 heavy (non-hydrogen) atoms. The van der Waals surface area contributed by atoms with Gasteiger partial charge in [0, 0.05) is 26.4 Å². The second-order valence-electron chi connectivity index (χ2n) is 2.95. The van der Waals surface area contributed by atoms with Crippen LogP contribution in [0.2, 0.25) is 0 Å². The van der Waals surface area contributed by atoms with E-state index in [4.69, 9.17) is 20.4 Å². The van der Waals surface area contributed by atoms with Crippen LogP contribution in [0.15, 0.2) is 0 Å². The summed E-state index contributed by atoms with van der Waals surface area (Å²) in [4.78, 5) is 0. The SMILES string of the molecule is CC(CO)CCO.OCCCCO. The minimum atomic E-state index is 0.181. The van der Waals surface area contributed by atoms with Crippen LogP contribution in [-0.4, -0.2) is 46.9 Å². The van der Waals surface area contributed by atoms with Gasteiger partial charge in [0.1, 0.15) is 0 Å². The van der Waals surface area contributed by atoms with E-state index < -0.39 is 0 Å². The van der Waals surface area contributed by atoms with Gasteiger partial charge in [-0.2, -0.15) is 0 Å². The van der Waals surface area contributed by atoms with Crippen molar-refractivity contribution in [1.29, 1.82) is 0 Å². The van der Waals surface area contributed by atoms with E-state index in [9.17, 15) is 0 Å². The summed E-state index contributed by atoms with van der Waals surface area (Å²) in [5.74, 6) is 0.255. The average Bonchev–Trinajstić information content (AvgIpc) is 2.16. The van der Waals surface area contributed by atoms with E-state index in [1.165, 1.54) is 0 Å². The van der Waals surface area contributed by atoms with Crippen LogP contribution in [0.1, 0.15) is 26.2 Å². The van der Waals surface area contributed by atoms with Crippen LogP contribution in [0.3, 0.4) is 0 Å². The third-order valence-electron chi connectivity index (χ3n) is 1.50. The summed E-state index contributed by atoms with van der Waals surface area (Å²) < 4.78 is 0. The van der Waals surface area contributed by atoms with Gasteiger partial charge in [0.2, 0.25) is 0 Å². The summed E-state index contributed by atoms with van der Waals surface area (Å²) in [6, 6.07) is 0. The molecule has 0 aliphatic heterocycles. The Labute approximate surface area is 79.8 Å². The molecule has 82 valence electrons. The van der Waals surface area contributed by atoms with Gasteiger partial charge in [-0.15, -0.1) is 0 Å². The first-order chi connectivity index (χ1) is 6.22. The van der Waals surface area contributed by atoms with Gasteiger partial charge in [0.05, 0.1) is 0 Å². The molecule has 0 rings (SSSR count). The zero-order valence-electron chi connectivity index (χ0n) is 8.32. The highest BCUT2D eigenvalue weighted by atomic mass is 16.3. The first kappa shape index (κ1) is 15.3. The molecular weight excluding hydrogens is 172 g/mol. The second kappa shape index (κ2) is 14.4. The lowest BCUT2D eigenvalue weighted by molar-refractivity contribution is 0.194. The minimum Gasteiger partial charge on any atom is -0.396 e. The molecule has 4 N–H and O–H groups in total. The van der Waals surface area contributed by atoms with Gasteiger partial charge in [-0.1, -0.05) is 6.92 Å². The summed E-state index contributed by atoms with van der Waals surface area (Å²) in [7, 11) is 0. The molecular formula is C9H22O4. The molecule has 4 nitrogen and oxygen atoms in total. The molecule has 0 saturated carbocycles. The zero-order chi connectivity index (χ0) is 10.5. The number of hydrogen-bond donors (Lipinski definition) is 4. The van der Waals surface area contributed by atoms with Crippen LogP contribution < -0.4 is 0 Å². The van der Waals surface area contributed by atoms with Gasteiger partial charge in [0.25, 0.3) is 0 Å².